The smallest absolute Gasteiger partial charge is 0.146 e. The lowest BCUT2D eigenvalue weighted by Crippen LogP contribution is -2.27. The molecule has 0 saturated heterocycles. The van der Waals surface area contributed by atoms with Gasteiger partial charge in [-0.05, 0) is 45.8 Å². The molecule has 3 N–H and O–H groups in total. The Bertz CT molecular complexity index is 932. The Labute approximate surface area is 155 Å². The second-order valence-electron chi connectivity index (χ2n) is 5.51. The summed E-state index contributed by atoms with van der Waals surface area (Å²) in [6, 6.07) is 7.54. The molecule has 4 rings (SSSR count). The zero-order chi connectivity index (χ0) is 17.6. The van der Waals surface area contributed by atoms with E-state index in [1.54, 1.807) is 24.4 Å². The molecule has 8 heteroatoms. The third-order valence-electron chi connectivity index (χ3n) is 3.93. The molecule has 0 aromatic heterocycles. The van der Waals surface area contributed by atoms with Crippen LogP contribution in [0.2, 0.25) is 0 Å². The molecule has 0 saturated carbocycles. The van der Waals surface area contributed by atoms with Crippen LogP contribution in [0.3, 0.4) is 0 Å². The molecule has 2 aliphatic heterocycles. The van der Waals surface area contributed by atoms with Gasteiger partial charge in [-0.2, -0.15) is 0 Å². The van der Waals surface area contributed by atoms with Crippen molar-refractivity contribution in [3.8, 4) is 0 Å². The van der Waals surface area contributed by atoms with Crippen molar-refractivity contribution in [2.75, 3.05) is 11.9 Å². The van der Waals surface area contributed by atoms with Crippen LogP contribution >= 0.6 is 27.7 Å². The van der Waals surface area contributed by atoms with E-state index in [2.05, 4.69) is 31.6 Å². The topological polar surface area (TPSA) is 56.6 Å². The molecule has 0 radical (unpaired) electrons. The number of aliphatic hydroxyl groups is 1. The average molecular weight is 424 g/mol. The summed E-state index contributed by atoms with van der Waals surface area (Å²) in [6.07, 6.45) is 0.373. The van der Waals surface area contributed by atoms with Gasteiger partial charge in [-0.25, -0.2) is 13.8 Å². The number of nitrogens with zero attached hydrogens (tertiary/aromatic N) is 1. The minimum absolute atomic E-state index is 0.105. The zero-order valence-corrected chi connectivity index (χ0v) is 15.1. The highest BCUT2D eigenvalue weighted by molar-refractivity contribution is 9.10. The number of benzene rings is 2. The van der Waals surface area contributed by atoms with E-state index in [0.29, 0.717) is 12.1 Å². The lowest BCUT2D eigenvalue weighted by atomic mass is 10.00. The number of anilines is 1. The molecule has 25 heavy (non-hydrogen) atoms. The highest BCUT2D eigenvalue weighted by atomic mass is 79.9. The Balaban J connectivity index is 1.71. The van der Waals surface area contributed by atoms with Gasteiger partial charge in [0.05, 0.1) is 22.3 Å². The fourth-order valence-electron chi connectivity index (χ4n) is 2.69. The summed E-state index contributed by atoms with van der Waals surface area (Å²) in [7, 11) is 0. The lowest BCUT2D eigenvalue weighted by Gasteiger charge is -2.25. The van der Waals surface area contributed by atoms with E-state index >= 15 is 0 Å². The Morgan fingerprint density at radius 2 is 2.08 bits per heavy atom. The Kier molecular flexibility index (Phi) is 4.26. The van der Waals surface area contributed by atoms with Gasteiger partial charge in [-0.15, -0.1) is 0 Å². The van der Waals surface area contributed by atoms with Crippen LogP contribution in [0.5, 0.6) is 0 Å². The van der Waals surface area contributed by atoms with Crippen LogP contribution in [-0.4, -0.2) is 17.9 Å². The molecule has 0 fully saturated rings. The molecule has 2 aromatic carbocycles. The van der Waals surface area contributed by atoms with Crippen LogP contribution in [0.25, 0.3) is 0 Å². The van der Waals surface area contributed by atoms with Gasteiger partial charge in [-0.3, -0.25) is 0 Å². The predicted molar refractivity (Wildman–Crippen MR) is 97.6 cm³/mol. The largest absolute Gasteiger partial charge is 0.383 e. The highest BCUT2D eigenvalue weighted by Crippen LogP contribution is 2.42. The van der Waals surface area contributed by atoms with Crippen LogP contribution < -0.4 is 10.6 Å². The quantitative estimate of drug-likeness (QED) is 0.635. The third kappa shape index (κ3) is 2.94. The van der Waals surface area contributed by atoms with Crippen LogP contribution in [0.4, 0.5) is 14.5 Å². The van der Waals surface area contributed by atoms with Crippen LogP contribution in [0.1, 0.15) is 17.2 Å². The lowest BCUT2D eigenvalue weighted by molar-refractivity contribution is 0.209. The summed E-state index contributed by atoms with van der Waals surface area (Å²) in [5, 5.41) is 17.7. The molecule has 0 spiro atoms. The number of fused-ring (bicyclic) bond motifs is 1. The zero-order valence-electron chi connectivity index (χ0n) is 12.7. The molecular weight excluding hydrogens is 412 g/mol. The number of thioether (sulfide) groups is 1. The predicted octanol–water partition coefficient (Wildman–Crippen LogP) is 4.13. The van der Waals surface area contributed by atoms with Gasteiger partial charge >= 0.3 is 0 Å². The van der Waals surface area contributed by atoms with Gasteiger partial charge in [0.15, 0.2) is 0 Å². The molecule has 1 unspecified atom stereocenters. The highest BCUT2D eigenvalue weighted by Gasteiger charge is 2.25. The van der Waals surface area contributed by atoms with Gasteiger partial charge in [0.1, 0.15) is 28.6 Å². The Morgan fingerprint density at radius 3 is 2.92 bits per heavy atom. The molecule has 0 aliphatic carbocycles. The average Bonchev–Trinajstić information content (AvgIpc) is 2.62. The van der Waals surface area contributed by atoms with Gasteiger partial charge in [-0.1, -0.05) is 17.8 Å². The first-order valence-electron chi connectivity index (χ1n) is 7.45. The Hall–Kier alpha value is -1.90. The summed E-state index contributed by atoms with van der Waals surface area (Å²) < 4.78 is 28.4. The van der Waals surface area contributed by atoms with Crippen molar-refractivity contribution in [1.82, 2.24) is 5.32 Å². The van der Waals surface area contributed by atoms with Gasteiger partial charge in [0.25, 0.3) is 0 Å². The van der Waals surface area contributed by atoms with E-state index < -0.39 is 17.7 Å². The van der Waals surface area contributed by atoms with Crippen molar-refractivity contribution in [3.05, 3.63) is 68.4 Å². The minimum atomic E-state index is -1.41. The summed E-state index contributed by atoms with van der Waals surface area (Å²) in [5.74, 6) is -0.811. The van der Waals surface area contributed by atoms with Crippen LogP contribution in [0.15, 0.2) is 55.5 Å². The van der Waals surface area contributed by atoms with Crippen LogP contribution in [-0.2, 0) is 0 Å². The van der Waals surface area contributed by atoms with Crippen molar-refractivity contribution in [2.45, 2.75) is 11.0 Å². The molecule has 0 amide bonds. The van der Waals surface area contributed by atoms with E-state index in [4.69, 9.17) is 0 Å². The SMILES string of the molecule is OC(c1ccc2c(c1)NC1=C(N=CCN1)S2)c1c(F)ccc(Br)c1F. The van der Waals surface area contributed by atoms with E-state index in [1.165, 1.54) is 17.8 Å². The summed E-state index contributed by atoms with van der Waals surface area (Å²) in [4.78, 5) is 5.25. The number of hydrogen-bond donors (Lipinski definition) is 3. The maximum atomic E-state index is 14.3. The molecule has 1 atom stereocenters. The van der Waals surface area contributed by atoms with Crippen LogP contribution in [0, 0.1) is 11.6 Å². The number of hydrogen-bond acceptors (Lipinski definition) is 5. The second kappa shape index (κ2) is 6.44. The van der Waals surface area contributed by atoms with Crippen molar-refractivity contribution in [1.29, 1.82) is 0 Å². The van der Waals surface area contributed by atoms with Gasteiger partial charge < -0.3 is 15.7 Å². The first-order valence-corrected chi connectivity index (χ1v) is 9.06. The first kappa shape index (κ1) is 16.6. The third-order valence-corrected chi connectivity index (χ3v) is 5.62. The maximum Gasteiger partial charge on any atom is 0.146 e. The molecule has 128 valence electrons. The molecule has 2 heterocycles. The Morgan fingerprint density at radius 1 is 1.24 bits per heavy atom. The normalized spacial score (nSPS) is 16.6. The fourth-order valence-corrected chi connectivity index (χ4v) is 3.96. The van der Waals surface area contributed by atoms with Crippen molar-refractivity contribution in [2.24, 2.45) is 4.99 Å². The van der Waals surface area contributed by atoms with E-state index in [-0.39, 0.29) is 10.0 Å². The van der Waals surface area contributed by atoms with E-state index in [0.717, 1.165) is 27.5 Å². The summed E-state index contributed by atoms with van der Waals surface area (Å²) >= 11 is 4.51. The minimum Gasteiger partial charge on any atom is -0.383 e. The fraction of sp³-hybridized carbons (Fsp3) is 0.118. The van der Waals surface area contributed by atoms with Crippen molar-refractivity contribution < 1.29 is 13.9 Å². The summed E-state index contributed by atoms with van der Waals surface area (Å²) in [6.45, 7) is 0.624. The van der Waals surface area contributed by atoms with Gasteiger partial charge in [0, 0.05) is 11.1 Å². The standard InChI is InChI=1S/C17H12BrF2N3OS/c18-9-2-3-10(19)13(14(9)20)15(24)8-1-4-12-11(7-8)23-16-17(25-12)22-6-5-21-16/h1-4,6-7,15,21,23-24H,5H2. The molecule has 2 aromatic rings. The number of halogens is 3. The molecule has 0 bridgehead atoms. The number of aliphatic hydroxyl groups excluding tert-OH is 1. The number of nitrogens with one attached hydrogen (secondary N) is 2. The molecule has 2 aliphatic rings. The molecular formula is C17H12BrF2N3OS. The van der Waals surface area contributed by atoms with Gasteiger partial charge in [0.2, 0.25) is 0 Å². The van der Waals surface area contributed by atoms with E-state index in [1.807, 2.05) is 0 Å². The summed E-state index contributed by atoms with van der Waals surface area (Å²) in [5.41, 5.74) is 0.768. The van der Waals surface area contributed by atoms with Crippen molar-refractivity contribution in [3.63, 3.8) is 0 Å². The maximum absolute atomic E-state index is 14.3. The monoisotopic (exact) mass is 423 g/mol. The number of rotatable bonds is 2. The van der Waals surface area contributed by atoms with E-state index in [9.17, 15) is 13.9 Å². The first-order chi connectivity index (χ1) is 12.0. The number of aliphatic imine (C=N–C) groups is 1. The van der Waals surface area contributed by atoms with Crippen molar-refractivity contribution >= 4 is 39.6 Å². The molecule has 4 nitrogen and oxygen atoms in total. The second-order valence-corrected chi connectivity index (χ2v) is 7.40.